The maximum absolute atomic E-state index is 11.3. The summed E-state index contributed by atoms with van der Waals surface area (Å²) in [6.45, 7) is 8.55. The van der Waals surface area contributed by atoms with Crippen molar-refractivity contribution in [2.75, 3.05) is 0 Å². The second-order valence-corrected chi connectivity index (χ2v) is 8.80. The molecule has 0 aromatic carbocycles. The molecule has 0 aliphatic carbocycles. The molecular weight excluding hydrogens is 194 g/mol. The van der Waals surface area contributed by atoms with Crippen molar-refractivity contribution >= 4 is 14.2 Å². The third-order valence-corrected chi connectivity index (χ3v) is 8.01. The van der Waals surface area contributed by atoms with E-state index in [1.54, 1.807) is 0 Å². The number of carbonyl (C=O) groups excluding carboxylic acids is 1. The smallest absolute Gasteiger partial charge is 0.250 e. The van der Waals surface area contributed by atoms with Crippen LogP contribution in [0, 0.1) is 0 Å². The van der Waals surface area contributed by atoms with Gasteiger partial charge in [-0.15, -0.1) is 0 Å². The Morgan fingerprint density at radius 2 is 1.79 bits per heavy atom. The van der Waals surface area contributed by atoms with E-state index in [1.165, 1.54) is 0 Å². The van der Waals surface area contributed by atoms with Crippen LogP contribution in [0.25, 0.3) is 0 Å². The van der Waals surface area contributed by atoms with Crippen LogP contribution in [0.3, 0.4) is 0 Å². The van der Waals surface area contributed by atoms with Gasteiger partial charge in [-0.05, 0) is 25.1 Å². The monoisotopic (exact) mass is 215 g/mol. The molecule has 0 radical (unpaired) electrons. The van der Waals surface area contributed by atoms with Crippen molar-refractivity contribution < 1.29 is 9.22 Å². The zero-order valence-corrected chi connectivity index (χ0v) is 10.6. The van der Waals surface area contributed by atoms with Crippen molar-refractivity contribution in [1.82, 2.24) is 5.32 Å². The summed E-state index contributed by atoms with van der Waals surface area (Å²) in [5.41, 5.74) is 0. The van der Waals surface area contributed by atoms with Gasteiger partial charge in [0.2, 0.25) is 5.91 Å². The van der Waals surface area contributed by atoms with Crippen molar-refractivity contribution in [3.63, 3.8) is 0 Å². The standard InChI is InChI=1S/C10H21NO2Si/c1-5-14(6-2,7-3)13-9-8(4)11-10(9)12/h8-9H,5-7H2,1-4H3,(H,11,12). The minimum atomic E-state index is -1.59. The molecule has 1 aliphatic rings. The molecule has 1 heterocycles. The molecule has 4 heteroatoms. The van der Waals surface area contributed by atoms with Gasteiger partial charge in [0.1, 0.15) is 6.10 Å². The van der Waals surface area contributed by atoms with Crippen LogP contribution in [0.5, 0.6) is 0 Å². The summed E-state index contributed by atoms with van der Waals surface area (Å²) in [7, 11) is -1.59. The lowest BCUT2D eigenvalue weighted by atomic mass is 10.1. The minimum Gasteiger partial charge on any atom is -0.403 e. The summed E-state index contributed by atoms with van der Waals surface area (Å²) in [6.07, 6.45) is -0.165. The maximum atomic E-state index is 11.3. The minimum absolute atomic E-state index is 0.0738. The van der Waals surface area contributed by atoms with Gasteiger partial charge in [-0.1, -0.05) is 20.8 Å². The van der Waals surface area contributed by atoms with Crippen LogP contribution in [-0.2, 0) is 9.22 Å². The third kappa shape index (κ3) is 2.01. The Kier molecular flexibility index (Phi) is 3.72. The first-order valence-corrected chi connectivity index (χ1v) is 8.09. The maximum Gasteiger partial charge on any atom is 0.250 e. The number of amides is 1. The van der Waals surface area contributed by atoms with Crippen LogP contribution < -0.4 is 5.32 Å². The highest BCUT2D eigenvalue weighted by molar-refractivity contribution is 6.73. The summed E-state index contributed by atoms with van der Waals surface area (Å²) in [4.78, 5) is 11.3. The molecule has 1 rings (SSSR count). The highest BCUT2D eigenvalue weighted by atomic mass is 28.4. The first kappa shape index (κ1) is 11.7. The number of carbonyl (C=O) groups is 1. The molecule has 1 saturated heterocycles. The van der Waals surface area contributed by atoms with Crippen molar-refractivity contribution in [3.05, 3.63) is 0 Å². The van der Waals surface area contributed by atoms with Gasteiger partial charge in [-0.3, -0.25) is 4.79 Å². The normalized spacial score (nSPS) is 27.0. The van der Waals surface area contributed by atoms with Crippen LogP contribution in [0.1, 0.15) is 27.7 Å². The second-order valence-electron chi connectivity index (χ2n) is 4.08. The molecule has 1 N–H and O–H groups in total. The van der Waals surface area contributed by atoms with Gasteiger partial charge in [0.15, 0.2) is 8.32 Å². The lowest BCUT2D eigenvalue weighted by Crippen LogP contribution is -2.65. The largest absolute Gasteiger partial charge is 0.403 e. The molecule has 1 amide bonds. The molecular formula is C10H21NO2Si. The fourth-order valence-corrected chi connectivity index (χ4v) is 4.79. The van der Waals surface area contributed by atoms with Gasteiger partial charge in [-0.2, -0.15) is 0 Å². The van der Waals surface area contributed by atoms with Gasteiger partial charge in [0, 0.05) is 0 Å². The van der Waals surface area contributed by atoms with E-state index in [2.05, 4.69) is 26.1 Å². The van der Waals surface area contributed by atoms with E-state index >= 15 is 0 Å². The molecule has 0 saturated carbocycles. The predicted molar refractivity (Wildman–Crippen MR) is 59.7 cm³/mol. The highest BCUT2D eigenvalue weighted by Crippen LogP contribution is 2.26. The molecule has 82 valence electrons. The van der Waals surface area contributed by atoms with Crippen LogP contribution in [-0.4, -0.2) is 26.4 Å². The average molecular weight is 215 g/mol. The fraction of sp³-hybridized carbons (Fsp3) is 0.900. The molecule has 0 aromatic rings. The number of β-lactam (4-membered cyclic amide) rings is 1. The second kappa shape index (κ2) is 4.44. The number of nitrogens with one attached hydrogen (secondary N) is 1. The molecule has 0 bridgehead atoms. The van der Waals surface area contributed by atoms with Gasteiger partial charge < -0.3 is 9.74 Å². The SMILES string of the molecule is CC[Si](CC)(CC)OC1C(=O)NC1C. The lowest BCUT2D eigenvalue weighted by molar-refractivity contribution is -0.140. The average Bonchev–Trinajstić information content (AvgIpc) is 2.21. The molecule has 1 aliphatic heterocycles. The van der Waals surface area contributed by atoms with Crippen molar-refractivity contribution in [1.29, 1.82) is 0 Å². The number of hydrogen-bond donors (Lipinski definition) is 1. The Balaban J connectivity index is 2.59. The van der Waals surface area contributed by atoms with E-state index in [4.69, 9.17) is 4.43 Å². The Morgan fingerprint density at radius 1 is 1.29 bits per heavy atom. The zero-order chi connectivity index (χ0) is 10.8. The van der Waals surface area contributed by atoms with Crippen LogP contribution >= 0.6 is 0 Å². The molecule has 14 heavy (non-hydrogen) atoms. The first-order valence-electron chi connectivity index (χ1n) is 5.56. The Labute approximate surface area is 87.3 Å². The first-order chi connectivity index (χ1) is 6.58. The van der Waals surface area contributed by atoms with E-state index < -0.39 is 8.32 Å². The summed E-state index contributed by atoms with van der Waals surface area (Å²) in [5, 5.41) is 2.81. The fourth-order valence-electron chi connectivity index (χ4n) is 1.94. The molecule has 0 aromatic heterocycles. The van der Waals surface area contributed by atoms with Crippen molar-refractivity contribution in [2.24, 2.45) is 0 Å². The number of rotatable bonds is 5. The van der Waals surface area contributed by atoms with E-state index in [-0.39, 0.29) is 18.1 Å². The van der Waals surface area contributed by atoms with Crippen molar-refractivity contribution in [2.45, 2.75) is 58.0 Å². The summed E-state index contributed by atoms with van der Waals surface area (Å²) >= 11 is 0. The summed E-state index contributed by atoms with van der Waals surface area (Å²) in [6, 6.07) is 3.53. The Hall–Kier alpha value is -0.353. The molecule has 2 atom stereocenters. The van der Waals surface area contributed by atoms with Gasteiger partial charge in [0.25, 0.3) is 0 Å². The molecule has 1 fully saturated rings. The van der Waals surface area contributed by atoms with Crippen molar-refractivity contribution in [3.8, 4) is 0 Å². The van der Waals surface area contributed by atoms with E-state index in [0.29, 0.717) is 0 Å². The lowest BCUT2D eigenvalue weighted by Gasteiger charge is -2.41. The number of hydrogen-bond acceptors (Lipinski definition) is 2. The Bertz CT molecular complexity index is 208. The summed E-state index contributed by atoms with van der Waals surface area (Å²) < 4.78 is 6.07. The van der Waals surface area contributed by atoms with E-state index in [1.807, 2.05) is 6.92 Å². The highest BCUT2D eigenvalue weighted by Gasteiger charge is 2.42. The third-order valence-electron chi connectivity index (χ3n) is 3.39. The van der Waals surface area contributed by atoms with E-state index in [0.717, 1.165) is 18.1 Å². The van der Waals surface area contributed by atoms with Crippen LogP contribution in [0.15, 0.2) is 0 Å². The van der Waals surface area contributed by atoms with E-state index in [9.17, 15) is 4.79 Å². The van der Waals surface area contributed by atoms with Gasteiger partial charge >= 0.3 is 0 Å². The quantitative estimate of drug-likeness (QED) is 0.562. The predicted octanol–water partition coefficient (Wildman–Crippen LogP) is 1.90. The molecule has 2 unspecified atom stereocenters. The van der Waals surface area contributed by atoms with Gasteiger partial charge in [-0.25, -0.2) is 0 Å². The topological polar surface area (TPSA) is 38.3 Å². The zero-order valence-electron chi connectivity index (χ0n) is 9.59. The van der Waals surface area contributed by atoms with Crippen LogP contribution in [0.4, 0.5) is 0 Å². The molecule has 3 nitrogen and oxygen atoms in total. The van der Waals surface area contributed by atoms with Crippen LogP contribution in [0.2, 0.25) is 18.1 Å². The Morgan fingerprint density at radius 3 is 2.07 bits per heavy atom. The van der Waals surface area contributed by atoms with Gasteiger partial charge in [0.05, 0.1) is 6.04 Å². The summed E-state index contributed by atoms with van der Waals surface area (Å²) in [5.74, 6) is 0.0738. The molecule has 0 spiro atoms.